The van der Waals surface area contributed by atoms with Gasteiger partial charge in [0.25, 0.3) is 0 Å². The standard InChI is InChI=1S/C16H27NO2S/c1-5-13(3)12-20(18,19)14(4)16(17-6-2)15-10-8-7-9-11-15/h7-11,13-14,16-17H,5-6,12H2,1-4H3. The van der Waals surface area contributed by atoms with Crippen molar-refractivity contribution in [3.63, 3.8) is 0 Å². The summed E-state index contributed by atoms with van der Waals surface area (Å²) >= 11 is 0. The molecular weight excluding hydrogens is 270 g/mol. The van der Waals surface area contributed by atoms with Crippen molar-refractivity contribution < 1.29 is 8.42 Å². The van der Waals surface area contributed by atoms with E-state index in [2.05, 4.69) is 5.32 Å². The van der Waals surface area contributed by atoms with E-state index < -0.39 is 15.1 Å². The summed E-state index contributed by atoms with van der Waals surface area (Å²) in [6.07, 6.45) is 0.892. The Morgan fingerprint density at radius 2 is 1.70 bits per heavy atom. The first-order valence-electron chi connectivity index (χ1n) is 7.42. The fourth-order valence-electron chi connectivity index (χ4n) is 2.31. The lowest BCUT2D eigenvalue weighted by Crippen LogP contribution is -2.37. The number of rotatable bonds is 8. The maximum atomic E-state index is 12.5. The molecule has 0 fully saturated rings. The van der Waals surface area contributed by atoms with Crippen LogP contribution in [0.4, 0.5) is 0 Å². The fourth-order valence-corrected chi connectivity index (χ4v) is 4.31. The second-order valence-electron chi connectivity index (χ2n) is 5.49. The van der Waals surface area contributed by atoms with Crippen LogP contribution < -0.4 is 5.32 Å². The van der Waals surface area contributed by atoms with Crippen LogP contribution in [-0.4, -0.2) is 26.0 Å². The van der Waals surface area contributed by atoms with Gasteiger partial charge in [-0.3, -0.25) is 0 Å². The molecule has 0 saturated heterocycles. The van der Waals surface area contributed by atoms with E-state index in [9.17, 15) is 8.42 Å². The number of sulfone groups is 1. The van der Waals surface area contributed by atoms with Crippen LogP contribution in [0.15, 0.2) is 30.3 Å². The van der Waals surface area contributed by atoms with Gasteiger partial charge in [-0.2, -0.15) is 0 Å². The molecule has 0 aromatic heterocycles. The second-order valence-corrected chi connectivity index (χ2v) is 7.90. The monoisotopic (exact) mass is 297 g/mol. The third-order valence-electron chi connectivity index (χ3n) is 3.83. The number of nitrogens with one attached hydrogen (secondary N) is 1. The molecular formula is C16H27NO2S. The molecule has 0 amide bonds. The minimum atomic E-state index is -3.10. The topological polar surface area (TPSA) is 46.2 Å². The smallest absolute Gasteiger partial charge is 0.155 e. The number of hydrogen-bond donors (Lipinski definition) is 1. The molecule has 0 radical (unpaired) electrons. The first kappa shape index (κ1) is 17.2. The van der Waals surface area contributed by atoms with Gasteiger partial charge >= 0.3 is 0 Å². The Labute approximate surface area is 123 Å². The molecule has 114 valence electrons. The molecule has 0 heterocycles. The number of hydrogen-bond acceptors (Lipinski definition) is 3. The Balaban J connectivity index is 2.97. The summed E-state index contributed by atoms with van der Waals surface area (Å²) in [4.78, 5) is 0. The molecule has 0 aliphatic carbocycles. The normalized spacial score (nSPS) is 16.6. The molecule has 1 N–H and O–H groups in total. The minimum Gasteiger partial charge on any atom is -0.309 e. The zero-order valence-electron chi connectivity index (χ0n) is 13.0. The van der Waals surface area contributed by atoms with Gasteiger partial charge in [0.2, 0.25) is 0 Å². The molecule has 3 atom stereocenters. The van der Waals surface area contributed by atoms with E-state index in [1.807, 2.05) is 58.0 Å². The Bertz CT molecular complexity index is 484. The van der Waals surface area contributed by atoms with E-state index in [-0.39, 0.29) is 17.7 Å². The maximum absolute atomic E-state index is 12.5. The van der Waals surface area contributed by atoms with E-state index in [1.165, 1.54) is 0 Å². The highest BCUT2D eigenvalue weighted by molar-refractivity contribution is 7.92. The molecule has 0 bridgehead atoms. The molecule has 20 heavy (non-hydrogen) atoms. The molecule has 3 unspecified atom stereocenters. The SMILES string of the molecule is CCNC(c1ccccc1)C(C)S(=O)(=O)CC(C)CC. The number of benzene rings is 1. The quantitative estimate of drug-likeness (QED) is 0.801. The van der Waals surface area contributed by atoms with E-state index in [4.69, 9.17) is 0 Å². The van der Waals surface area contributed by atoms with Crippen LogP contribution in [0, 0.1) is 5.92 Å². The van der Waals surface area contributed by atoms with E-state index in [1.54, 1.807) is 0 Å². The second kappa shape index (κ2) is 7.79. The van der Waals surface area contributed by atoms with Crippen molar-refractivity contribution in [1.82, 2.24) is 5.32 Å². The lowest BCUT2D eigenvalue weighted by Gasteiger charge is -2.26. The summed E-state index contributed by atoms with van der Waals surface area (Å²) in [6.45, 7) is 8.60. The highest BCUT2D eigenvalue weighted by Gasteiger charge is 2.30. The van der Waals surface area contributed by atoms with Crippen LogP contribution in [0.5, 0.6) is 0 Å². The molecule has 0 aliphatic rings. The van der Waals surface area contributed by atoms with Gasteiger partial charge < -0.3 is 5.32 Å². The van der Waals surface area contributed by atoms with Gasteiger partial charge in [0.15, 0.2) is 9.84 Å². The first-order valence-corrected chi connectivity index (χ1v) is 9.13. The van der Waals surface area contributed by atoms with Crippen molar-refractivity contribution in [2.24, 2.45) is 5.92 Å². The molecule has 0 saturated carbocycles. The average molecular weight is 297 g/mol. The molecule has 1 rings (SSSR count). The Hall–Kier alpha value is -0.870. The van der Waals surface area contributed by atoms with Gasteiger partial charge in [-0.25, -0.2) is 8.42 Å². The zero-order chi connectivity index (χ0) is 15.2. The summed E-state index contributed by atoms with van der Waals surface area (Å²) in [5.41, 5.74) is 1.04. The average Bonchev–Trinajstić information content (AvgIpc) is 2.44. The van der Waals surface area contributed by atoms with Gasteiger partial charge in [0.1, 0.15) is 0 Å². The third kappa shape index (κ3) is 4.60. The Morgan fingerprint density at radius 1 is 1.10 bits per heavy atom. The summed E-state index contributed by atoms with van der Waals surface area (Å²) < 4.78 is 25.1. The largest absolute Gasteiger partial charge is 0.309 e. The summed E-state index contributed by atoms with van der Waals surface area (Å²) in [5, 5.41) is 2.90. The lowest BCUT2D eigenvalue weighted by atomic mass is 10.0. The third-order valence-corrected chi connectivity index (χ3v) is 6.27. The van der Waals surface area contributed by atoms with Crippen molar-refractivity contribution in [3.05, 3.63) is 35.9 Å². The predicted octanol–water partition coefficient (Wildman–Crippen LogP) is 3.19. The minimum absolute atomic E-state index is 0.143. The predicted molar refractivity (Wildman–Crippen MR) is 85.6 cm³/mol. The lowest BCUT2D eigenvalue weighted by molar-refractivity contribution is 0.500. The van der Waals surface area contributed by atoms with Crippen LogP contribution in [0.3, 0.4) is 0 Å². The van der Waals surface area contributed by atoms with Crippen molar-refractivity contribution in [3.8, 4) is 0 Å². The van der Waals surface area contributed by atoms with E-state index >= 15 is 0 Å². The van der Waals surface area contributed by atoms with Gasteiger partial charge in [0.05, 0.1) is 11.0 Å². The molecule has 1 aromatic carbocycles. The van der Waals surface area contributed by atoms with Gasteiger partial charge in [-0.15, -0.1) is 0 Å². The summed E-state index contributed by atoms with van der Waals surface area (Å²) in [5.74, 6) is 0.472. The Kier molecular flexibility index (Phi) is 6.69. The van der Waals surface area contributed by atoms with Gasteiger partial charge in [0, 0.05) is 6.04 Å². The first-order chi connectivity index (χ1) is 9.42. The molecule has 4 heteroatoms. The van der Waals surface area contributed by atoms with Crippen LogP contribution in [0.2, 0.25) is 0 Å². The van der Waals surface area contributed by atoms with Crippen molar-refractivity contribution >= 4 is 9.84 Å². The van der Waals surface area contributed by atoms with Crippen LogP contribution >= 0.6 is 0 Å². The van der Waals surface area contributed by atoms with Crippen LogP contribution in [0.25, 0.3) is 0 Å². The van der Waals surface area contributed by atoms with E-state index in [0.29, 0.717) is 0 Å². The molecule has 0 spiro atoms. The fraction of sp³-hybridized carbons (Fsp3) is 0.625. The molecule has 0 aliphatic heterocycles. The van der Waals surface area contributed by atoms with Gasteiger partial charge in [-0.1, -0.05) is 57.5 Å². The van der Waals surface area contributed by atoms with E-state index in [0.717, 1.165) is 18.5 Å². The van der Waals surface area contributed by atoms with Crippen LogP contribution in [-0.2, 0) is 9.84 Å². The van der Waals surface area contributed by atoms with Crippen LogP contribution in [0.1, 0.15) is 45.7 Å². The highest BCUT2D eigenvalue weighted by atomic mass is 32.2. The zero-order valence-corrected chi connectivity index (χ0v) is 13.8. The van der Waals surface area contributed by atoms with Crippen molar-refractivity contribution in [2.45, 2.75) is 45.4 Å². The van der Waals surface area contributed by atoms with Crippen molar-refractivity contribution in [2.75, 3.05) is 12.3 Å². The molecule has 1 aromatic rings. The maximum Gasteiger partial charge on any atom is 0.155 e. The summed E-state index contributed by atoms with van der Waals surface area (Å²) in [6, 6.07) is 9.69. The highest BCUT2D eigenvalue weighted by Crippen LogP contribution is 2.24. The summed E-state index contributed by atoms with van der Waals surface area (Å²) in [7, 11) is -3.10. The van der Waals surface area contributed by atoms with Gasteiger partial charge in [-0.05, 0) is 24.9 Å². The van der Waals surface area contributed by atoms with Crippen molar-refractivity contribution in [1.29, 1.82) is 0 Å². The Morgan fingerprint density at radius 3 is 2.20 bits per heavy atom. The molecule has 3 nitrogen and oxygen atoms in total.